The number of halogens is 1. The smallest absolute Gasteiger partial charge is 0.353 e. The van der Waals surface area contributed by atoms with Crippen LogP contribution in [0.5, 0.6) is 0 Å². The fourth-order valence-electron chi connectivity index (χ4n) is 2.08. The van der Waals surface area contributed by atoms with E-state index in [0.29, 0.717) is 12.4 Å². The quantitative estimate of drug-likeness (QED) is 0.409. The highest BCUT2D eigenvalue weighted by atomic mass is 127. The van der Waals surface area contributed by atoms with Crippen LogP contribution in [0.25, 0.3) is 0 Å². The van der Waals surface area contributed by atoms with Gasteiger partial charge >= 0.3 is 5.69 Å². The second-order valence-corrected chi connectivity index (χ2v) is 6.30. The predicted molar refractivity (Wildman–Crippen MR) is 99.3 cm³/mol. The van der Waals surface area contributed by atoms with Gasteiger partial charge < -0.3 is 10.2 Å². The molecule has 0 bridgehead atoms. The number of nitrogens with one attached hydrogen (secondary N) is 1. The van der Waals surface area contributed by atoms with Crippen LogP contribution >= 0.6 is 22.6 Å². The summed E-state index contributed by atoms with van der Waals surface area (Å²) in [7, 11) is 1.81. The fourth-order valence-corrected chi connectivity index (χ4v) is 2.44. The van der Waals surface area contributed by atoms with Gasteiger partial charge in [0.1, 0.15) is 6.33 Å². The molecule has 0 radical (unpaired) electrons. The van der Waals surface area contributed by atoms with Gasteiger partial charge in [-0.05, 0) is 53.3 Å². The zero-order valence-corrected chi connectivity index (χ0v) is 15.1. The Bertz CT molecular complexity index is 678. The molecule has 2 aromatic rings. The van der Waals surface area contributed by atoms with E-state index >= 15 is 0 Å². The lowest BCUT2D eigenvalue weighted by Gasteiger charge is -2.18. The lowest BCUT2D eigenvalue weighted by atomic mass is 10.3. The van der Waals surface area contributed by atoms with Gasteiger partial charge in [0.2, 0.25) is 11.6 Å². The Balaban J connectivity index is 2.35. The summed E-state index contributed by atoms with van der Waals surface area (Å²) >= 11 is 2.20. The van der Waals surface area contributed by atoms with Crippen molar-refractivity contribution in [1.29, 1.82) is 0 Å². The van der Waals surface area contributed by atoms with Crippen molar-refractivity contribution in [1.82, 2.24) is 9.97 Å². The van der Waals surface area contributed by atoms with Crippen LogP contribution in [0.1, 0.15) is 19.8 Å². The summed E-state index contributed by atoms with van der Waals surface area (Å²) in [4.78, 5) is 21.0. The molecule has 8 heteroatoms. The molecular weight excluding hydrogens is 409 g/mol. The first-order valence-corrected chi connectivity index (χ1v) is 8.34. The van der Waals surface area contributed by atoms with Crippen molar-refractivity contribution < 1.29 is 4.92 Å². The molecule has 1 aromatic heterocycles. The molecular formula is C15H18IN5O2. The number of benzene rings is 1. The van der Waals surface area contributed by atoms with Crippen molar-refractivity contribution in [3.05, 3.63) is 44.3 Å². The van der Waals surface area contributed by atoms with E-state index in [1.165, 1.54) is 6.33 Å². The molecule has 0 saturated heterocycles. The average molecular weight is 427 g/mol. The van der Waals surface area contributed by atoms with E-state index in [1.54, 1.807) is 11.9 Å². The summed E-state index contributed by atoms with van der Waals surface area (Å²) < 4.78 is 1.09. The van der Waals surface area contributed by atoms with Gasteiger partial charge in [-0.2, -0.15) is 0 Å². The van der Waals surface area contributed by atoms with Gasteiger partial charge in [0.15, 0.2) is 0 Å². The van der Waals surface area contributed by atoms with Gasteiger partial charge in [0.25, 0.3) is 0 Å². The topological polar surface area (TPSA) is 84.2 Å². The van der Waals surface area contributed by atoms with Gasteiger partial charge in [0, 0.05) is 22.8 Å². The second kappa shape index (κ2) is 8.04. The van der Waals surface area contributed by atoms with Crippen molar-refractivity contribution >= 4 is 45.6 Å². The number of hydrogen-bond acceptors (Lipinski definition) is 6. The van der Waals surface area contributed by atoms with Gasteiger partial charge in [0.05, 0.1) is 4.92 Å². The average Bonchev–Trinajstić information content (AvgIpc) is 2.54. The van der Waals surface area contributed by atoms with Crippen molar-refractivity contribution in [2.24, 2.45) is 0 Å². The van der Waals surface area contributed by atoms with Gasteiger partial charge in [-0.3, -0.25) is 10.1 Å². The van der Waals surface area contributed by atoms with Crippen LogP contribution in [0, 0.1) is 13.7 Å². The van der Waals surface area contributed by atoms with E-state index in [9.17, 15) is 10.1 Å². The highest BCUT2D eigenvalue weighted by Gasteiger charge is 2.25. The molecule has 0 saturated carbocycles. The van der Waals surface area contributed by atoms with Crippen molar-refractivity contribution in [3.8, 4) is 0 Å². The van der Waals surface area contributed by atoms with Gasteiger partial charge in [-0.1, -0.05) is 13.3 Å². The van der Waals surface area contributed by atoms with E-state index < -0.39 is 4.92 Å². The minimum absolute atomic E-state index is 0.107. The normalized spacial score (nSPS) is 10.4. The maximum atomic E-state index is 11.5. The summed E-state index contributed by atoms with van der Waals surface area (Å²) in [5.41, 5.74) is 0.638. The molecule has 2 rings (SSSR count). The Morgan fingerprint density at radius 2 is 2.00 bits per heavy atom. The summed E-state index contributed by atoms with van der Waals surface area (Å²) in [5, 5.41) is 14.5. The monoisotopic (exact) mass is 427 g/mol. The molecule has 1 N–H and O–H groups in total. The lowest BCUT2D eigenvalue weighted by Crippen LogP contribution is -2.21. The van der Waals surface area contributed by atoms with Crippen LogP contribution in [0.4, 0.5) is 23.0 Å². The number of aromatic nitrogens is 2. The molecule has 0 aliphatic rings. The van der Waals surface area contributed by atoms with Crippen LogP contribution in [-0.2, 0) is 0 Å². The van der Waals surface area contributed by atoms with E-state index in [4.69, 9.17) is 0 Å². The summed E-state index contributed by atoms with van der Waals surface area (Å²) in [6, 6.07) is 7.55. The number of unbranched alkanes of at least 4 members (excludes halogenated alkanes) is 1. The number of hydrogen-bond donors (Lipinski definition) is 1. The molecule has 122 valence electrons. The molecule has 0 spiro atoms. The van der Waals surface area contributed by atoms with Gasteiger partial charge in [-0.15, -0.1) is 0 Å². The van der Waals surface area contributed by atoms with Crippen molar-refractivity contribution in [2.45, 2.75) is 19.8 Å². The third-order valence-corrected chi connectivity index (χ3v) is 4.02. The Morgan fingerprint density at radius 1 is 1.30 bits per heavy atom. The first-order chi connectivity index (χ1) is 11.0. The Hall–Kier alpha value is -1.97. The Kier molecular flexibility index (Phi) is 6.08. The summed E-state index contributed by atoms with van der Waals surface area (Å²) in [5.74, 6) is 0.524. The molecule has 0 amide bonds. The molecule has 0 unspecified atom stereocenters. The first kappa shape index (κ1) is 17.4. The number of nitro groups is 1. The van der Waals surface area contributed by atoms with E-state index in [0.717, 1.165) is 22.1 Å². The lowest BCUT2D eigenvalue weighted by molar-refractivity contribution is -0.383. The second-order valence-electron chi connectivity index (χ2n) is 5.06. The van der Waals surface area contributed by atoms with Crippen molar-refractivity contribution in [2.75, 3.05) is 23.8 Å². The van der Waals surface area contributed by atoms with Crippen LogP contribution in [0.15, 0.2) is 30.6 Å². The molecule has 7 nitrogen and oxygen atoms in total. The molecule has 0 atom stereocenters. The Labute approximate surface area is 148 Å². The molecule has 0 aliphatic heterocycles. The van der Waals surface area contributed by atoms with Crippen molar-refractivity contribution in [3.63, 3.8) is 0 Å². The fraction of sp³-hybridized carbons (Fsp3) is 0.333. The van der Waals surface area contributed by atoms with E-state index in [1.807, 2.05) is 24.3 Å². The summed E-state index contributed by atoms with van der Waals surface area (Å²) in [6.45, 7) is 2.78. The van der Waals surface area contributed by atoms with Crippen LogP contribution in [0.2, 0.25) is 0 Å². The minimum atomic E-state index is -0.438. The number of nitrogens with zero attached hydrogens (tertiary/aromatic N) is 4. The highest BCUT2D eigenvalue weighted by Crippen LogP contribution is 2.33. The van der Waals surface area contributed by atoms with Crippen LogP contribution in [0.3, 0.4) is 0 Å². The SMILES string of the molecule is CCCCN(C)c1ncnc(Nc2ccc(I)cc2)c1[N+](=O)[O-]. The third-order valence-electron chi connectivity index (χ3n) is 3.30. The maximum absolute atomic E-state index is 11.5. The van der Waals surface area contributed by atoms with Crippen LogP contribution < -0.4 is 10.2 Å². The molecule has 1 heterocycles. The largest absolute Gasteiger partial charge is 0.354 e. The molecule has 0 fully saturated rings. The minimum Gasteiger partial charge on any atom is -0.354 e. The van der Waals surface area contributed by atoms with Crippen LogP contribution in [-0.4, -0.2) is 28.5 Å². The van der Waals surface area contributed by atoms with Gasteiger partial charge in [-0.25, -0.2) is 9.97 Å². The number of rotatable bonds is 7. The third kappa shape index (κ3) is 4.50. The van der Waals surface area contributed by atoms with E-state index in [-0.39, 0.29) is 11.5 Å². The summed E-state index contributed by atoms with van der Waals surface area (Å²) in [6.07, 6.45) is 3.30. The predicted octanol–water partition coefficient (Wildman–Crippen LogP) is 3.97. The maximum Gasteiger partial charge on any atom is 0.353 e. The molecule has 1 aromatic carbocycles. The first-order valence-electron chi connectivity index (χ1n) is 7.26. The molecule has 23 heavy (non-hydrogen) atoms. The standard InChI is InChI=1S/C15H18IN5O2/c1-3-4-9-20(2)15-13(21(22)23)14(17-10-18-15)19-12-7-5-11(16)6-8-12/h5-8,10H,3-4,9H2,1-2H3,(H,17,18,19). The zero-order valence-electron chi connectivity index (χ0n) is 13.0. The zero-order chi connectivity index (χ0) is 16.8. The highest BCUT2D eigenvalue weighted by molar-refractivity contribution is 14.1. The number of anilines is 3. The Morgan fingerprint density at radius 3 is 2.61 bits per heavy atom. The molecule has 0 aliphatic carbocycles. The van der Waals surface area contributed by atoms with E-state index in [2.05, 4.69) is 44.8 Å².